The highest BCUT2D eigenvalue weighted by Gasteiger charge is 2.14. The quantitative estimate of drug-likeness (QED) is 0.564. The van der Waals surface area contributed by atoms with Gasteiger partial charge in [0.2, 0.25) is 0 Å². The van der Waals surface area contributed by atoms with Crippen LogP contribution in [0.15, 0.2) is 67.0 Å². The Hall–Kier alpha value is -2.79. The second-order valence-corrected chi connectivity index (χ2v) is 5.98. The monoisotopic (exact) mass is 332 g/mol. The van der Waals surface area contributed by atoms with E-state index in [4.69, 9.17) is 17.2 Å². The van der Waals surface area contributed by atoms with E-state index in [1.54, 1.807) is 6.33 Å². The third-order valence-corrected chi connectivity index (χ3v) is 4.35. The molecule has 0 aliphatic carbocycles. The first-order valence-electron chi connectivity index (χ1n) is 7.86. The molecule has 0 fully saturated rings. The molecule has 1 N–H and O–H groups in total. The molecule has 24 heavy (non-hydrogen) atoms. The smallest absolute Gasteiger partial charge is 0.157 e. The van der Waals surface area contributed by atoms with Gasteiger partial charge in [-0.25, -0.2) is 9.97 Å². The van der Waals surface area contributed by atoms with Gasteiger partial charge in [0.25, 0.3) is 0 Å². The van der Waals surface area contributed by atoms with Gasteiger partial charge in [-0.3, -0.25) is 0 Å². The summed E-state index contributed by atoms with van der Waals surface area (Å²) in [7, 11) is 0. The van der Waals surface area contributed by atoms with Crippen LogP contribution in [0.4, 0.5) is 0 Å². The summed E-state index contributed by atoms with van der Waals surface area (Å²) in [5.74, 6) is 0.914. The summed E-state index contributed by atoms with van der Waals surface area (Å²) in [5, 5.41) is 0. The van der Waals surface area contributed by atoms with Crippen LogP contribution in [-0.4, -0.2) is 19.5 Å². The first-order chi connectivity index (χ1) is 11.8. The summed E-state index contributed by atoms with van der Waals surface area (Å²) in [6.07, 6.45) is 2.56. The summed E-state index contributed by atoms with van der Waals surface area (Å²) >= 11 is 5.35. The van der Waals surface area contributed by atoms with Crippen LogP contribution < -0.4 is 0 Å². The van der Waals surface area contributed by atoms with Gasteiger partial charge in [0, 0.05) is 12.1 Å². The Morgan fingerprint density at radius 1 is 0.958 bits per heavy atom. The van der Waals surface area contributed by atoms with Crippen LogP contribution in [0.25, 0.3) is 22.6 Å². The molecule has 5 heteroatoms. The summed E-state index contributed by atoms with van der Waals surface area (Å²) in [6, 6.07) is 20.6. The molecular weight excluding hydrogens is 316 g/mol. The molecule has 0 atom stereocenters. The predicted octanol–water partition coefficient (Wildman–Crippen LogP) is 4.40. The van der Waals surface area contributed by atoms with Crippen molar-refractivity contribution in [2.45, 2.75) is 13.0 Å². The number of hydrogen-bond acceptors (Lipinski definition) is 3. The highest BCUT2D eigenvalue weighted by atomic mass is 32.1. The molecule has 0 aliphatic rings. The van der Waals surface area contributed by atoms with Crippen molar-refractivity contribution in [1.29, 1.82) is 0 Å². The topological polar surface area (TPSA) is 46.5 Å². The van der Waals surface area contributed by atoms with E-state index < -0.39 is 0 Å². The number of imidazole rings is 1. The number of H-pyrrole nitrogens is 1. The van der Waals surface area contributed by atoms with Crippen molar-refractivity contribution in [2.75, 3.05) is 0 Å². The zero-order valence-corrected chi connectivity index (χ0v) is 13.8. The van der Waals surface area contributed by atoms with E-state index in [2.05, 4.69) is 50.9 Å². The molecule has 0 saturated carbocycles. The summed E-state index contributed by atoms with van der Waals surface area (Å²) < 4.78 is 2.72. The Labute approximate surface area is 144 Å². The van der Waals surface area contributed by atoms with Gasteiger partial charge in [0.1, 0.15) is 17.0 Å². The molecule has 4 rings (SSSR count). The van der Waals surface area contributed by atoms with E-state index in [1.807, 2.05) is 24.3 Å². The predicted molar refractivity (Wildman–Crippen MR) is 98.3 cm³/mol. The molecule has 4 aromatic rings. The zero-order chi connectivity index (χ0) is 16.4. The molecule has 0 aliphatic heterocycles. The van der Waals surface area contributed by atoms with Crippen molar-refractivity contribution >= 4 is 23.4 Å². The highest BCUT2D eigenvalue weighted by Crippen LogP contribution is 2.24. The number of benzene rings is 2. The molecule has 0 amide bonds. The summed E-state index contributed by atoms with van der Waals surface area (Å²) in [5.41, 5.74) is 4.04. The third-order valence-electron chi connectivity index (χ3n) is 4.05. The fourth-order valence-corrected chi connectivity index (χ4v) is 3.07. The van der Waals surface area contributed by atoms with E-state index in [0.717, 1.165) is 35.5 Å². The van der Waals surface area contributed by atoms with Crippen LogP contribution in [-0.2, 0) is 13.0 Å². The number of aromatic amines is 1. The largest absolute Gasteiger partial charge is 0.330 e. The number of rotatable bonds is 4. The number of nitrogens with zero attached hydrogens (tertiary/aromatic N) is 3. The van der Waals surface area contributed by atoms with Crippen LogP contribution in [0.1, 0.15) is 5.56 Å². The van der Waals surface area contributed by atoms with Crippen molar-refractivity contribution in [3.8, 4) is 11.4 Å². The lowest BCUT2D eigenvalue weighted by Gasteiger charge is -2.09. The van der Waals surface area contributed by atoms with E-state index in [-0.39, 0.29) is 0 Å². The molecule has 0 saturated heterocycles. The normalized spacial score (nSPS) is 11.0. The molecule has 0 unspecified atom stereocenters. The SMILES string of the molecule is S=c1nc[nH]c2c1nc(-c1ccccc1)n2CCc1ccccc1. The fraction of sp³-hybridized carbons (Fsp3) is 0.105. The molecule has 2 aromatic carbocycles. The second-order valence-electron chi connectivity index (χ2n) is 5.59. The van der Waals surface area contributed by atoms with Gasteiger partial charge in [-0.15, -0.1) is 0 Å². The average Bonchev–Trinajstić information content (AvgIpc) is 3.02. The molecular formula is C19H16N4S. The molecule has 4 nitrogen and oxygen atoms in total. The number of aryl methyl sites for hydroxylation is 2. The van der Waals surface area contributed by atoms with Gasteiger partial charge in [-0.1, -0.05) is 72.9 Å². The van der Waals surface area contributed by atoms with Crippen molar-refractivity contribution in [3.63, 3.8) is 0 Å². The Balaban J connectivity index is 1.82. The van der Waals surface area contributed by atoms with E-state index >= 15 is 0 Å². The first-order valence-corrected chi connectivity index (χ1v) is 8.27. The Morgan fingerprint density at radius 3 is 2.42 bits per heavy atom. The van der Waals surface area contributed by atoms with Crippen molar-refractivity contribution in [2.24, 2.45) is 0 Å². The molecule has 0 radical (unpaired) electrons. The number of nitrogens with one attached hydrogen (secondary N) is 1. The lowest BCUT2D eigenvalue weighted by molar-refractivity contribution is 0.716. The maximum absolute atomic E-state index is 5.35. The molecule has 0 spiro atoms. The first kappa shape index (κ1) is 14.8. The number of hydrogen-bond donors (Lipinski definition) is 1. The Bertz CT molecular complexity index is 1020. The highest BCUT2D eigenvalue weighted by molar-refractivity contribution is 7.71. The van der Waals surface area contributed by atoms with Crippen LogP contribution >= 0.6 is 12.2 Å². The van der Waals surface area contributed by atoms with Gasteiger partial charge in [-0.2, -0.15) is 0 Å². The minimum absolute atomic E-state index is 0.527. The van der Waals surface area contributed by atoms with Gasteiger partial charge in [-0.05, 0) is 12.0 Å². The summed E-state index contributed by atoms with van der Waals surface area (Å²) in [6.45, 7) is 0.819. The van der Waals surface area contributed by atoms with Crippen molar-refractivity contribution in [3.05, 3.63) is 77.2 Å². The van der Waals surface area contributed by atoms with Crippen molar-refractivity contribution in [1.82, 2.24) is 19.5 Å². The van der Waals surface area contributed by atoms with Crippen LogP contribution in [0.5, 0.6) is 0 Å². The fourth-order valence-electron chi connectivity index (χ4n) is 2.87. The van der Waals surface area contributed by atoms with Crippen LogP contribution in [0.3, 0.4) is 0 Å². The minimum atomic E-state index is 0.527. The van der Waals surface area contributed by atoms with E-state index in [1.165, 1.54) is 5.56 Å². The van der Waals surface area contributed by atoms with E-state index in [9.17, 15) is 0 Å². The molecule has 0 bridgehead atoms. The van der Waals surface area contributed by atoms with E-state index in [0.29, 0.717) is 4.64 Å². The molecule has 2 aromatic heterocycles. The van der Waals surface area contributed by atoms with Gasteiger partial charge in [0.05, 0.1) is 6.33 Å². The summed E-state index contributed by atoms with van der Waals surface area (Å²) in [4.78, 5) is 12.1. The molecule has 118 valence electrons. The average molecular weight is 332 g/mol. The number of fused-ring (bicyclic) bond motifs is 1. The number of aromatic nitrogens is 4. The maximum atomic E-state index is 5.35. The Kier molecular flexibility index (Phi) is 3.92. The van der Waals surface area contributed by atoms with Gasteiger partial charge < -0.3 is 9.55 Å². The van der Waals surface area contributed by atoms with Crippen LogP contribution in [0.2, 0.25) is 0 Å². The standard InChI is InChI=1S/C19H16N4S/c24-19-16-18(20-13-21-19)23(12-11-14-7-3-1-4-8-14)17(22-16)15-9-5-2-6-10-15/h1-10,13H,11-12H2,(H,20,21,24). The van der Waals surface area contributed by atoms with Gasteiger partial charge >= 0.3 is 0 Å². The maximum Gasteiger partial charge on any atom is 0.157 e. The van der Waals surface area contributed by atoms with Crippen molar-refractivity contribution < 1.29 is 0 Å². The third kappa shape index (κ3) is 2.74. The minimum Gasteiger partial charge on any atom is -0.330 e. The van der Waals surface area contributed by atoms with Crippen LogP contribution in [0, 0.1) is 4.64 Å². The zero-order valence-electron chi connectivity index (χ0n) is 13.0. The molecule has 2 heterocycles. The van der Waals surface area contributed by atoms with Gasteiger partial charge in [0.15, 0.2) is 4.64 Å². The Morgan fingerprint density at radius 2 is 1.67 bits per heavy atom. The lowest BCUT2D eigenvalue weighted by Crippen LogP contribution is -2.04. The lowest BCUT2D eigenvalue weighted by atomic mass is 10.1. The second kappa shape index (κ2) is 6.37.